The predicted octanol–water partition coefficient (Wildman–Crippen LogP) is 3.80. The Kier molecular flexibility index (Phi) is 4.27. The van der Waals surface area contributed by atoms with Gasteiger partial charge in [-0.25, -0.2) is 0 Å². The number of ether oxygens (including phenoxy) is 1. The number of anilines is 1. The van der Waals surface area contributed by atoms with Crippen molar-refractivity contribution in [3.63, 3.8) is 0 Å². The number of nitriles is 1. The summed E-state index contributed by atoms with van der Waals surface area (Å²) in [5.74, 6) is 0.613. The van der Waals surface area contributed by atoms with E-state index in [9.17, 15) is 0 Å². The Hall–Kier alpha value is -2.47. The maximum Gasteiger partial charge on any atom is 0.136 e. The number of nitrogens with one attached hydrogen (secondary N) is 1. The van der Waals surface area contributed by atoms with Crippen molar-refractivity contribution in [1.29, 1.82) is 5.26 Å². The summed E-state index contributed by atoms with van der Waals surface area (Å²) >= 11 is 0. The van der Waals surface area contributed by atoms with Crippen LogP contribution in [0, 0.1) is 25.2 Å². The summed E-state index contributed by atoms with van der Waals surface area (Å²) in [5.41, 5.74) is 5.25. The lowest BCUT2D eigenvalue weighted by molar-refractivity contribution is 0.413. The Morgan fingerprint density at radius 1 is 1.10 bits per heavy atom. The lowest BCUT2D eigenvalue weighted by Crippen LogP contribution is -2.01. The number of methoxy groups -OCH3 is 1. The van der Waals surface area contributed by atoms with E-state index in [1.807, 2.05) is 18.2 Å². The van der Waals surface area contributed by atoms with Crippen molar-refractivity contribution in [2.45, 2.75) is 20.4 Å². The molecule has 2 aromatic carbocycles. The van der Waals surface area contributed by atoms with Crippen molar-refractivity contribution >= 4 is 5.69 Å². The number of benzene rings is 2. The maximum absolute atomic E-state index is 9.08. The molecule has 20 heavy (non-hydrogen) atoms. The van der Waals surface area contributed by atoms with Gasteiger partial charge in [-0.3, -0.25) is 0 Å². The second-order valence-electron chi connectivity index (χ2n) is 4.80. The third-order valence-electron chi connectivity index (χ3n) is 3.39. The first kappa shape index (κ1) is 14.0. The first-order valence-corrected chi connectivity index (χ1v) is 6.52. The molecule has 0 aliphatic rings. The van der Waals surface area contributed by atoms with Gasteiger partial charge in [0.25, 0.3) is 0 Å². The Bertz CT molecular complexity index is 657. The average Bonchev–Trinajstić information content (AvgIpc) is 2.48. The minimum atomic E-state index is 0.562. The number of hydrogen-bond donors (Lipinski definition) is 1. The molecule has 0 aliphatic carbocycles. The van der Waals surface area contributed by atoms with E-state index in [4.69, 9.17) is 10.00 Å². The van der Waals surface area contributed by atoms with Crippen molar-refractivity contribution < 1.29 is 4.74 Å². The topological polar surface area (TPSA) is 45.0 Å². The van der Waals surface area contributed by atoms with Crippen LogP contribution in [0.2, 0.25) is 0 Å². The smallest absolute Gasteiger partial charge is 0.136 e. The van der Waals surface area contributed by atoms with Crippen molar-refractivity contribution in [2.24, 2.45) is 0 Å². The van der Waals surface area contributed by atoms with Gasteiger partial charge in [-0.1, -0.05) is 12.1 Å². The Morgan fingerprint density at radius 2 is 1.90 bits per heavy atom. The van der Waals surface area contributed by atoms with Crippen LogP contribution < -0.4 is 10.1 Å². The summed E-state index contributed by atoms with van der Waals surface area (Å²) in [7, 11) is 1.57. The van der Waals surface area contributed by atoms with Crippen LogP contribution in [-0.2, 0) is 6.54 Å². The third kappa shape index (κ3) is 3.10. The fraction of sp³-hybridized carbons (Fsp3) is 0.235. The van der Waals surface area contributed by atoms with Gasteiger partial charge in [-0.2, -0.15) is 5.26 Å². The Labute approximate surface area is 119 Å². The highest BCUT2D eigenvalue weighted by Crippen LogP contribution is 2.20. The first-order chi connectivity index (χ1) is 9.63. The lowest BCUT2D eigenvalue weighted by Gasteiger charge is -2.10. The van der Waals surface area contributed by atoms with Crippen LogP contribution in [0.5, 0.6) is 5.75 Å². The van der Waals surface area contributed by atoms with Crippen LogP contribution >= 0.6 is 0 Å². The molecule has 1 N–H and O–H groups in total. The van der Waals surface area contributed by atoms with Gasteiger partial charge in [-0.05, 0) is 54.8 Å². The zero-order valence-electron chi connectivity index (χ0n) is 12.0. The summed E-state index contributed by atoms with van der Waals surface area (Å²) in [5, 5.41) is 12.4. The van der Waals surface area contributed by atoms with E-state index >= 15 is 0 Å². The minimum Gasteiger partial charge on any atom is -0.495 e. The van der Waals surface area contributed by atoms with Crippen molar-refractivity contribution in [3.8, 4) is 11.8 Å². The summed E-state index contributed by atoms with van der Waals surface area (Å²) in [6.07, 6.45) is 0. The molecular weight excluding hydrogens is 248 g/mol. The molecule has 0 saturated carbocycles. The normalized spacial score (nSPS) is 9.90. The molecule has 0 heterocycles. The highest BCUT2D eigenvalue weighted by Gasteiger charge is 2.04. The molecule has 0 amide bonds. The van der Waals surface area contributed by atoms with E-state index in [0.717, 1.165) is 11.3 Å². The van der Waals surface area contributed by atoms with E-state index in [1.165, 1.54) is 11.1 Å². The molecule has 0 aromatic heterocycles. The summed E-state index contributed by atoms with van der Waals surface area (Å²) in [6, 6.07) is 14.1. The summed E-state index contributed by atoms with van der Waals surface area (Å²) in [6.45, 7) is 4.88. The summed E-state index contributed by atoms with van der Waals surface area (Å²) < 4.78 is 5.14. The quantitative estimate of drug-likeness (QED) is 0.915. The highest BCUT2D eigenvalue weighted by molar-refractivity contribution is 5.50. The predicted molar refractivity (Wildman–Crippen MR) is 81.0 cm³/mol. The molecule has 0 radical (unpaired) electrons. The average molecular weight is 266 g/mol. The molecule has 0 spiro atoms. The van der Waals surface area contributed by atoms with E-state index in [-0.39, 0.29) is 0 Å². The number of hydrogen-bond acceptors (Lipinski definition) is 3. The van der Waals surface area contributed by atoms with Crippen LogP contribution in [0.1, 0.15) is 22.3 Å². The van der Waals surface area contributed by atoms with Crippen molar-refractivity contribution in [1.82, 2.24) is 0 Å². The SMILES string of the molecule is COc1ccc(CNc2ccc(C)c(C)c2)cc1C#N. The zero-order chi connectivity index (χ0) is 14.5. The molecule has 2 aromatic rings. The molecule has 0 aliphatic heterocycles. The van der Waals surface area contributed by atoms with Gasteiger partial charge >= 0.3 is 0 Å². The second kappa shape index (κ2) is 6.12. The van der Waals surface area contributed by atoms with E-state index in [0.29, 0.717) is 17.9 Å². The monoisotopic (exact) mass is 266 g/mol. The molecular formula is C17H18N2O. The van der Waals surface area contributed by atoms with Crippen LogP contribution in [0.25, 0.3) is 0 Å². The van der Waals surface area contributed by atoms with Gasteiger partial charge in [0.15, 0.2) is 0 Å². The van der Waals surface area contributed by atoms with Gasteiger partial charge in [0.2, 0.25) is 0 Å². The van der Waals surface area contributed by atoms with Crippen molar-refractivity contribution in [2.75, 3.05) is 12.4 Å². The van der Waals surface area contributed by atoms with Gasteiger partial charge in [0, 0.05) is 12.2 Å². The highest BCUT2D eigenvalue weighted by atomic mass is 16.5. The van der Waals surface area contributed by atoms with Crippen LogP contribution in [0.15, 0.2) is 36.4 Å². The molecule has 2 rings (SSSR count). The molecule has 0 unspecified atom stereocenters. The molecule has 3 nitrogen and oxygen atoms in total. The molecule has 0 atom stereocenters. The number of aryl methyl sites for hydroxylation is 2. The van der Waals surface area contributed by atoms with Crippen LogP contribution in [-0.4, -0.2) is 7.11 Å². The maximum atomic E-state index is 9.08. The standard InChI is InChI=1S/C17H18N2O/c1-12-4-6-16(8-13(12)2)19-11-14-5-7-17(20-3)15(9-14)10-18/h4-9,19H,11H2,1-3H3. The van der Waals surface area contributed by atoms with E-state index in [2.05, 4.69) is 43.4 Å². The molecule has 3 heteroatoms. The number of rotatable bonds is 4. The van der Waals surface area contributed by atoms with Crippen LogP contribution in [0.4, 0.5) is 5.69 Å². The van der Waals surface area contributed by atoms with Gasteiger partial charge < -0.3 is 10.1 Å². The van der Waals surface area contributed by atoms with Gasteiger partial charge in [0.1, 0.15) is 11.8 Å². The minimum absolute atomic E-state index is 0.562. The fourth-order valence-electron chi connectivity index (χ4n) is 2.01. The summed E-state index contributed by atoms with van der Waals surface area (Å²) in [4.78, 5) is 0. The molecule has 0 bridgehead atoms. The lowest BCUT2D eigenvalue weighted by atomic mass is 10.1. The van der Waals surface area contributed by atoms with Gasteiger partial charge in [-0.15, -0.1) is 0 Å². The second-order valence-corrected chi connectivity index (χ2v) is 4.80. The molecule has 0 saturated heterocycles. The number of nitrogens with zero attached hydrogens (tertiary/aromatic N) is 1. The zero-order valence-corrected chi connectivity index (χ0v) is 12.0. The third-order valence-corrected chi connectivity index (χ3v) is 3.39. The van der Waals surface area contributed by atoms with E-state index < -0.39 is 0 Å². The van der Waals surface area contributed by atoms with E-state index in [1.54, 1.807) is 7.11 Å². The van der Waals surface area contributed by atoms with Crippen LogP contribution in [0.3, 0.4) is 0 Å². The van der Waals surface area contributed by atoms with Crippen molar-refractivity contribution in [3.05, 3.63) is 58.7 Å². The first-order valence-electron chi connectivity index (χ1n) is 6.52. The molecule has 102 valence electrons. The largest absolute Gasteiger partial charge is 0.495 e. The molecule has 0 fully saturated rings. The fourth-order valence-corrected chi connectivity index (χ4v) is 2.01. The Morgan fingerprint density at radius 3 is 2.55 bits per heavy atom. The Balaban J connectivity index is 2.11. The van der Waals surface area contributed by atoms with Gasteiger partial charge in [0.05, 0.1) is 12.7 Å².